The minimum absolute atomic E-state index is 0.546. The second kappa shape index (κ2) is 4.49. The van der Waals surface area contributed by atoms with E-state index in [1.165, 1.54) is 12.1 Å². The third kappa shape index (κ3) is 6.61. The quantitative estimate of drug-likeness (QED) is 0.388. The molecule has 10 heavy (non-hydrogen) atoms. The first-order chi connectivity index (χ1) is 4.70. The van der Waals surface area contributed by atoms with Crippen LogP contribution in [0.3, 0.4) is 0 Å². The predicted molar refractivity (Wildman–Crippen MR) is 34.4 cm³/mol. The van der Waals surface area contributed by atoms with E-state index in [0.29, 0.717) is 6.10 Å². The van der Waals surface area contributed by atoms with Gasteiger partial charge >= 0.3 is 0 Å². The van der Waals surface area contributed by atoms with Crippen LogP contribution >= 0.6 is 0 Å². The number of hydrogen-bond donors (Lipinski definition) is 1. The smallest absolute Gasteiger partial charge is 0.210 e. The van der Waals surface area contributed by atoms with Gasteiger partial charge in [-0.05, 0) is 6.92 Å². The molecular formula is C6H7N3O. The van der Waals surface area contributed by atoms with Crippen molar-refractivity contribution < 1.29 is 4.74 Å². The molecule has 1 saturated heterocycles. The van der Waals surface area contributed by atoms with Gasteiger partial charge in [0.2, 0.25) is 5.71 Å². The Hall–Kier alpha value is -1.39. The Morgan fingerprint density at radius 3 is 1.90 bits per heavy atom. The highest BCUT2D eigenvalue weighted by Crippen LogP contribution is 2.04. The maximum Gasteiger partial charge on any atom is 0.210 e. The summed E-state index contributed by atoms with van der Waals surface area (Å²) in [6.07, 6.45) is 0.583. The zero-order valence-corrected chi connectivity index (χ0v) is 5.59. The van der Waals surface area contributed by atoms with Crippen LogP contribution in [0.4, 0.5) is 0 Å². The van der Waals surface area contributed by atoms with Crippen molar-refractivity contribution in [1.29, 1.82) is 15.9 Å². The normalized spacial score (nSPS) is 18.9. The minimum Gasteiger partial charge on any atom is -0.373 e. The van der Waals surface area contributed by atoms with E-state index >= 15 is 0 Å². The molecule has 0 aliphatic carbocycles. The summed E-state index contributed by atoms with van der Waals surface area (Å²) in [5.41, 5.74) is -0.546. The molecule has 1 unspecified atom stereocenters. The first kappa shape index (κ1) is 8.61. The van der Waals surface area contributed by atoms with Crippen molar-refractivity contribution in [3.8, 4) is 12.1 Å². The molecule has 0 bridgehead atoms. The molecule has 0 radical (unpaired) electrons. The van der Waals surface area contributed by atoms with Crippen molar-refractivity contribution in [2.75, 3.05) is 6.61 Å². The summed E-state index contributed by atoms with van der Waals surface area (Å²) in [5, 5.41) is 21.5. The molecule has 0 aromatic heterocycles. The average Bonchev–Trinajstić information content (AvgIpc) is 2.71. The fourth-order valence-corrected chi connectivity index (χ4v) is 0.121. The van der Waals surface area contributed by atoms with Crippen LogP contribution in [0.1, 0.15) is 6.92 Å². The second-order valence-electron chi connectivity index (χ2n) is 1.74. The van der Waals surface area contributed by atoms with E-state index in [2.05, 4.69) is 6.92 Å². The summed E-state index contributed by atoms with van der Waals surface area (Å²) < 4.78 is 4.71. The van der Waals surface area contributed by atoms with Gasteiger partial charge in [0, 0.05) is 0 Å². The topological polar surface area (TPSA) is 84.0 Å². The van der Waals surface area contributed by atoms with Gasteiger partial charge in [0.1, 0.15) is 12.1 Å². The summed E-state index contributed by atoms with van der Waals surface area (Å²) >= 11 is 0. The lowest BCUT2D eigenvalue weighted by Crippen LogP contribution is -1.79. The highest BCUT2D eigenvalue weighted by Gasteiger charge is 2.13. The Bertz CT molecular complexity index is 178. The molecule has 4 heteroatoms. The van der Waals surface area contributed by atoms with E-state index in [1.807, 2.05) is 0 Å². The van der Waals surface area contributed by atoms with Crippen LogP contribution in [-0.2, 0) is 4.74 Å². The van der Waals surface area contributed by atoms with Gasteiger partial charge in [-0.2, -0.15) is 10.5 Å². The van der Waals surface area contributed by atoms with Crippen LogP contribution in [0, 0.1) is 28.1 Å². The summed E-state index contributed by atoms with van der Waals surface area (Å²) in [5.74, 6) is 0. The number of rotatable bonds is 0. The zero-order chi connectivity index (χ0) is 7.98. The van der Waals surface area contributed by atoms with Gasteiger partial charge in [0.25, 0.3) is 0 Å². The van der Waals surface area contributed by atoms with Gasteiger partial charge in [-0.3, -0.25) is 5.41 Å². The average molecular weight is 137 g/mol. The summed E-state index contributed by atoms with van der Waals surface area (Å²) in [7, 11) is 0. The number of nitriles is 2. The Balaban J connectivity index is 0.000000172. The lowest BCUT2D eigenvalue weighted by molar-refractivity contribution is 0.423. The number of nitrogens with zero attached hydrogens (tertiary/aromatic N) is 2. The van der Waals surface area contributed by atoms with Crippen molar-refractivity contribution in [1.82, 2.24) is 0 Å². The molecule has 1 heterocycles. The van der Waals surface area contributed by atoms with Gasteiger partial charge in [0.05, 0.1) is 12.7 Å². The SMILES string of the molecule is CC1CO1.N#CC(=N)C#N. The van der Waals surface area contributed by atoms with E-state index in [4.69, 9.17) is 20.7 Å². The summed E-state index contributed by atoms with van der Waals surface area (Å²) in [6, 6.07) is 2.67. The molecule has 1 rings (SSSR count). The fourth-order valence-electron chi connectivity index (χ4n) is 0.121. The molecule has 1 aliphatic heterocycles. The Kier molecular flexibility index (Phi) is 3.86. The highest BCUT2D eigenvalue weighted by atomic mass is 16.6. The summed E-state index contributed by atoms with van der Waals surface area (Å²) in [6.45, 7) is 3.04. The van der Waals surface area contributed by atoms with E-state index < -0.39 is 5.71 Å². The molecular weight excluding hydrogens is 130 g/mol. The first-order valence-corrected chi connectivity index (χ1v) is 2.71. The minimum atomic E-state index is -0.546. The molecule has 0 aromatic carbocycles. The third-order valence-corrected chi connectivity index (χ3v) is 0.724. The monoisotopic (exact) mass is 137 g/mol. The van der Waals surface area contributed by atoms with Crippen molar-refractivity contribution in [3.05, 3.63) is 0 Å². The molecule has 0 saturated carbocycles. The maximum atomic E-state index is 7.64. The second-order valence-corrected chi connectivity index (χ2v) is 1.74. The van der Waals surface area contributed by atoms with Crippen LogP contribution in [0.5, 0.6) is 0 Å². The lowest BCUT2D eigenvalue weighted by atomic mass is 10.5. The first-order valence-electron chi connectivity index (χ1n) is 2.71. The standard InChI is InChI=1S/C3HN3.C3H6O/c4-1-3(6)2-5;1-3-2-4-3/h6H;3H,2H2,1H3. The Morgan fingerprint density at radius 2 is 1.90 bits per heavy atom. The maximum absolute atomic E-state index is 7.64. The molecule has 0 spiro atoms. The third-order valence-electron chi connectivity index (χ3n) is 0.724. The van der Waals surface area contributed by atoms with E-state index in [1.54, 1.807) is 0 Å². The van der Waals surface area contributed by atoms with Crippen molar-refractivity contribution in [3.63, 3.8) is 0 Å². The number of epoxide rings is 1. The summed E-state index contributed by atoms with van der Waals surface area (Å²) in [4.78, 5) is 0. The van der Waals surface area contributed by atoms with Gasteiger partial charge < -0.3 is 4.74 Å². The Labute approximate surface area is 59.1 Å². The molecule has 1 atom stereocenters. The van der Waals surface area contributed by atoms with Crippen LogP contribution in [0.25, 0.3) is 0 Å². The molecule has 1 N–H and O–H groups in total. The molecule has 0 aromatic rings. The van der Waals surface area contributed by atoms with Crippen LogP contribution in [-0.4, -0.2) is 18.4 Å². The Morgan fingerprint density at radius 1 is 1.60 bits per heavy atom. The van der Waals surface area contributed by atoms with Crippen LogP contribution in [0.2, 0.25) is 0 Å². The van der Waals surface area contributed by atoms with Crippen molar-refractivity contribution >= 4 is 5.71 Å². The fraction of sp³-hybridized carbons (Fsp3) is 0.500. The van der Waals surface area contributed by atoms with Crippen LogP contribution in [0.15, 0.2) is 0 Å². The van der Waals surface area contributed by atoms with Gasteiger partial charge in [-0.25, -0.2) is 0 Å². The molecule has 0 amide bonds. The number of hydrogen-bond acceptors (Lipinski definition) is 4. The van der Waals surface area contributed by atoms with Crippen LogP contribution < -0.4 is 0 Å². The van der Waals surface area contributed by atoms with E-state index in [0.717, 1.165) is 6.61 Å². The van der Waals surface area contributed by atoms with Gasteiger partial charge in [-0.15, -0.1) is 0 Å². The van der Waals surface area contributed by atoms with E-state index in [9.17, 15) is 0 Å². The molecule has 1 fully saturated rings. The van der Waals surface area contributed by atoms with Crippen molar-refractivity contribution in [2.45, 2.75) is 13.0 Å². The van der Waals surface area contributed by atoms with Gasteiger partial charge in [-0.1, -0.05) is 0 Å². The highest BCUT2D eigenvalue weighted by molar-refractivity contribution is 6.07. The zero-order valence-electron chi connectivity index (χ0n) is 5.59. The predicted octanol–water partition coefficient (Wildman–Crippen LogP) is 0.458. The molecule has 1 aliphatic rings. The lowest BCUT2D eigenvalue weighted by Gasteiger charge is -1.56. The molecule has 4 nitrogen and oxygen atoms in total. The van der Waals surface area contributed by atoms with Gasteiger partial charge in [0.15, 0.2) is 0 Å². The number of ether oxygens (including phenoxy) is 1. The molecule has 52 valence electrons. The van der Waals surface area contributed by atoms with E-state index in [-0.39, 0.29) is 0 Å². The van der Waals surface area contributed by atoms with Crippen molar-refractivity contribution in [2.24, 2.45) is 0 Å². The largest absolute Gasteiger partial charge is 0.373 e. The number of nitrogens with one attached hydrogen (secondary N) is 1.